The van der Waals surface area contributed by atoms with E-state index in [0.29, 0.717) is 0 Å². The lowest BCUT2D eigenvalue weighted by atomic mass is 10.1. The van der Waals surface area contributed by atoms with Gasteiger partial charge in [0.15, 0.2) is 0 Å². The lowest BCUT2D eigenvalue weighted by molar-refractivity contribution is -0.138. The Hall–Kier alpha value is -2.12. The molecule has 1 aliphatic rings. The van der Waals surface area contributed by atoms with E-state index in [9.17, 15) is 19.2 Å². The van der Waals surface area contributed by atoms with Crippen LogP contribution in [0.25, 0.3) is 0 Å². The normalized spacial score (nSPS) is 19.0. The summed E-state index contributed by atoms with van der Waals surface area (Å²) in [6.07, 6.45) is -0.225. The predicted molar refractivity (Wildman–Crippen MR) is 64.2 cm³/mol. The third-order valence-corrected chi connectivity index (χ3v) is 2.63. The van der Waals surface area contributed by atoms with E-state index < -0.39 is 41.9 Å². The van der Waals surface area contributed by atoms with Gasteiger partial charge >= 0.3 is 12.0 Å². The van der Waals surface area contributed by atoms with Crippen molar-refractivity contribution in [3.05, 3.63) is 0 Å². The molecule has 1 atom stereocenters. The van der Waals surface area contributed by atoms with Crippen LogP contribution < -0.4 is 10.6 Å². The topological polar surface area (TPSA) is 116 Å². The lowest BCUT2D eigenvalue weighted by Crippen LogP contribution is -2.45. The first-order valence-corrected chi connectivity index (χ1v) is 5.78. The molecule has 0 bridgehead atoms. The summed E-state index contributed by atoms with van der Waals surface area (Å²) in [5.41, 5.74) is -1.02. The quantitative estimate of drug-likeness (QED) is 0.572. The summed E-state index contributed by atoms with van der Waals surface area (Å²) in [5.74, 6) is -2.10. The predicted octanol–water partition coefficient (Wildman–Crippen LogP) is -0.704. The van der Waals surface area contributed by atoms with Crippen LogP contribution in [0.1, 0.15) is 27.2 Å². The Kier molecular flexibility index (Phi) is 4.13. The molecule has 1 rings (SSSR count). The molecule has 3 N–H and O–H groups in total. The van der Waals surface area contributed by atoms with Gasteiger partial charge in [-0.2, -0.15) is 0 Å². The van der Waals surface area contributed by atoms with E-state index in [1.54, 1.807) is 0 Å². The SMILES string of the molecule is CC(CC(=O)O)NC(=O)CN1C(=O)NC(C)(C)C1=O. The molecule has 8 nitrogen and oxygen atoms in total. The van der Waals surface area contributed by atoms with Gasteiger partial charge in [-0.3, -0.25) is 19.3 Å². The van der Waals surface area contributed by atoms with Crippen LogP contribution in [0.3, 0.4) is 0 Å². The van der Waals surface area contributed by atoms with Gasteiger partial charge in [-0.1, -0.05) is 0 Å². The highest BCUT2D eigenvalue weighted by Crippen LogP contribution is 2.15. The lowest BCUT2D eigenvalue weighted by Gasteiger charge is -2.17. The Morgan fingerprint density at radius 3 is 2.42 bits per heavy atom. The Bertz CT molecular complexity index is 432. The van der Waals surface area contributed by atoms with Gasteiger partial charge in [0, 0.05) is 6.04 Å². The van der Waals surface area contributed by atoms with Gasteiger partial charge in [0.1, 0.15) is 12.1 Å². The smallest absolute Gasteiger partial charge is 0.325 e. The van der Waals surface area contributed by atoms with E-state index in [0.717, 1.165) is 4.90 Å². The van der Waals surface area contributed by atoms with Crippen molar-refractivity contribution < 1.29 is 24.3 Å². The highest BCUT2D eigenvalue weighted by molar-refractivity contribution is 6.08. The maximum atomic E-state index is 11.8. The van der Waals surface area contributed by atoms with Crippen LogP contribution in [0.2, 0.25) is 0 Å². The van der Waals surface area contributed by atoms with Gasteiger partial charge in [-0.05, 0) is 20.8 Å². The van der Waals surface area contributed by atoms with Gasteiger partial charge in [0.25, 0.3) is 5.91 Å². The molecule has 0 aliphatic carbocycles. The van der Waals surface area contributed by atoms with E-state index in [4.69, 9.17) is 5.11 Å². The molecule has 1 unspecified atom stereocenters. The largest absolute Gasteiger partial charge is 0.481 e. The van der Waals surface area contributed by atoms with Crippen molar-refractivity contribution in [2.45, 2.75) is 38.8 Å². The summed E-state index contributed by atoms with van der Waals surface area (Å²) in [5, 5.41) is 13.4. The number of hydrogen-bond donors (Lipinski definition) is 3. The number of carboxylic acid groups (broad SMARTS) is 1. The van der Waals surface area contributed by atoms with E-state index >= 15 is 0 Å². The molecule has 0 aromatic heterocycles. The minimum Gasteiger partial charge on any atom is -0.481 e. The first-order chi connectivity index (χ1) is 8.63. The molecule has 8 heteroatoms. The van der Waals surface area contributed by atoms with Crippen LogP contribution in [0.15, 0.2) is 0 Å². The van der Waals surface area contributed by atoms with Crippen molar-refractivity contribution >= 4 is 23.8 Å². The number of carbonyl (C=O) groups is 4. The van der Waals surface area contributed by atoms with Crippen molar-refractivity contribution in [1.82, 2.24) is 15.5 Å². The van der Waals surface area contributed by atoms with Gasteiger partial charge < -0.3 is 15.7 Å². The summed E-state index contributed by atoms with van der Waals surface area (Å²) >= 11 is 0. The van der Waals surface area contributed by atoms with Crippen LogP contribution in [0.4, 0.5) is 4.79 Å². The average Bonchev–Trinajstić information content (AvgIpc) is 2.39. The number of carbonyl (C=O) groups excluding carboxylic acids is 3. The van der Waals surface area contributed by atoms with Crippen molar-refractivity contribution in [3.8, 4) is 0 Å². The standard InChI is InChI=1S/C11H17N3O5/c1-6(4-8(16)17)12-7(15)5-14-9(18)11(2,3)13-10(14)19/h6H,4-5H2,1-3H3,(H,12,15)(H,13,19)(H,16,17). The zero-order chi connectivity index (χ0) is 14.8. The molecule has 0 radical (unpaired) electrons. The summed E-state index contributed by atoms with van der Waals surface area (Å²) < 4.78 is 0. The second-order valence-electron chi connectivity index (χ2n) is 5.01. The molecule has 4 amide bonds. The molecule has 0 spiro atoms. The Morgan fingerprint density at radius 2 is 2.00 bits per heavy atom. The first kappa shape index (κ1) is 14.9. The minimum atomic E-state index is -1.04. The molecule has 1 aliphatic heterocycles. The van der Waals surface area contributed by atoms with Crippen molar-refractivity contribution in [2.75, 3.05) is 6.54 Å². The maximum absolute atomic E-state index is 11.8. The fraction of sp³-hybridized carbons (Fsp3) is 0.636. The van der Waals surface area contributed by atoms with Crippen LogP contribution >= 0.6 is 0 Å². The third kappa shape index (κ3) is 3.67. The minimum absolute atomic E-state index is 0.225. The summed E-state index contributed by atoms with van der Waals surface area (Å²) in [6.45, 7) is 4.19. The molecular formula is C11H17N3O5. The Balaban J connectivity index is 2.56. The second kappa shape index (κ2) is 5.25. The molecule has 1 heterocycles. The van der Waals surface area contributed by atoms with Gasteiger partial charge in [-0.15, -0.1) is 0 Å². The highest BCUT2D eigenvalue weighted by atomic mass is 16.4. The molecule has 0 saturated carbocycles. The van der Waals surface area contributed by atoms with Gasteiger partial charge in [0.2, 0.25) is 5.91 Å². The van der Waals surface area contributed by atoms with Crippen LogP contribution in [0, 0.1) is 0 Å². The summed E-state index contributed by atoms with van der Waals surface area (Å²) in [7, 11) is 0. The second-order valence-corrected chi connectivity index (χ2v) is 5.01. The zero-order valence-electron chi connectivity index (χ0n) is 11.0. The number of imide groups is 1. The van der Waals surface area contributed by atoms with Crippen LogP contribution in [-0.4, -0.2) is 51.9 Å². The maximum Gasteiger partial charge on any atom is 0.325 e. The van der Waals surface area contributed by atoms with Crippen LogP contribution in [-0.2, 0) is 14.4 Å². The average molecular weight is 271 g/mol. The van der Waals surface area contributed by atoms with E-state index in [-0.39, 0.29) is 6.42 Å². The number of urea groups is 1. The number of hydrogen-bond acceptors (Lipinski definition) is 4. The molecular weight excluding hydrogens is 254 g/mol. The third-order valence-electron chi connectivity index (χ3n) is 2.63. The van der Waals surface area contributed by atoms with E-state index in [1.165, 1.54) is 20.8 Å². The summed E-state index contributed by atoms with van der Waals surface area (Å²) in [6, 6.07) is -1.20. The number of aliphatic carboxylic acids is 1. The van der Waals surface area contributed by atoms with Crippen LogP contribution in [0.5, 0.6) is 0 Å². The highest BCUT2D eigenvalue weighted by Gasteiger charge is 2.44. The molecule has 1 saturated heterocycles. The van der Waals surface area contributed by atoms with E-state index in [2.05, 4.69) is 10.6 Å². The zero-order valence-corrected chi connectivity index (χ0v) is 11.0. The monoisotopic (exact) mass is 271 g/mol. The van der Waals surface area contributed by atoms with Crippen molar-refractivity contribution in [1.29, 1.82) is 0 Å². The molecule has 0 aromatic rings. The Labute approximate surface area is 110 Å². The molecule has 106 valence electrons. The number of amides is 4. The number of nitrogens with one attached hydrogen (secondary N) is 2. The fourth-order valence-electron chi connectivity index (χ4n) is 1.74. The summed E-state index contributed by atoms with van der Waals surface area (Å²) in [4.78, 5) is 46.2. The molecule has 1 fully saturated rings. The van der Waals surface area contributed by atoms with Gasteiger partial charge in [-0.25, -0.2) is 4.79 Å². The number of carboxylic acids is 1. The van der Waals surface area contributed by atoms with Crippen molar-refractivity contribution in [3.63, 3.8) is 0 Å². The molecule has 19 heavy (non-hydrogen) atoms. The van der Waals surface area contributed by atoms with Crippen molar-refractivity contribution in [2.24, 2.45) is 0 Å². The number of nitrogens with zero attached hydrogens (tertiary/aromatic N) is 1. The first-order valence-electron chi connectivity index (χ1n) is 5.78. The fourth-order valence-corrected chi connectivity index (χ4v) is 1.74. The molecule has 0 aromatic carbocycles. The number of rotatable bonds is 5. The van der Waals surface area contributed by atoms with E-state index in [1.807, 2.05) is 0 Å². The Morgan fingerprint density at radius 1 is 1.42 bits per heavy atom. The van der Waals surface area contributed by atoms with Gasteiger partial charge in [0.05, 0.1) is 6.42 Å².